The van der Waals surface area contributed by atoms with Gasteiger partial charge in [0.15, 0.2) is 0 Å². The third-order valence-corrected chi connectivity index (χ3v) is 2.32. The lowest BCUT2D eigenvalue weighted by atomic mass is 10.3. The van der Waals surface area contributed by atoms with Crippen molar-refractivity contribution in [2.75, 3.05) is 19.1 Å². The highest BCUT2D eigenvalue weighted by Crippen LogP contribution is 2.10. The normalized spacial score (nSPS) is 13.1. The number of para-hydroxylation sites is 1. The number of nitrogens with zero attached hydrogens (tertiary/aromatic N) is 2. The molecule has 0 radical (unpaired) electrons. The third-order valence-electron chi connectivity index (χ3n) is 2.32. The van der Waals surface area contributed by atoms with Gasteiger partial charge in [-0.05, 0) is 19.2 Å². The molecule has 0 saturated carbocycles. The summed E-state index contributed by atoms with van der Waals surface area (Å²) < 4.78 is 0. The van der Waals surface area contributed by atoms with Crippen molar-refractivity contribution in [1.29, 1.82) is 0 Å². The molecule has 3 nitrogen and oxygen atoms in total. The second kappa shape index (κ2) is 7.41. The van der Waals surface area contributed by atoms with Gasteiger partial charge in [-0.3, -0.25) is 5.01 Å². The second-order valence-corrected chi connectivity index (χ2v) is 3.56. The van der Waals surface area contributed by atoms with E-state index in [9.17, 15) is 0 Å². The van der Waals surface area contributed by atoms with Crippen LogP contribution < -0.4 is 10.3 Å². The number of rotatable bonds is 6. The van der Waals surface area contributed by atoms with Crippen molar-refractivity contribution in [2.45, 2.75) is 6.04 Å². The Bertz CT molecular complexity index is 382. The molecule has 1 aromatic carbocycles. The lowest BCUT2D eigenvalue weighted by Crippen LogP contribution is -2.25. The number of benzene rings is 1. The number of anilines is 1. The van der Waals surface area contributed by atoms with Gasteiger partial charge < -0.3 is 5.32 Å². The molecular formula is C14H19N3. The molecule has 1 N–H and O–H groups in total. The topological polar surface area (TPSA) is 27.6 Å². The van der Waals surface area contributed by atoms with E-state index < -0.39 is 0 Å². The lowest BCUT2D eigenvalue weighted by molar-refractivity contribution is 0.828. The Balaban J connectivity index is 2.63. The molecule has 90 valence electrons. The predicted octanol–water partition coefficient (Wildman–Crippen LogP) is 2.44. The van der Waals surface area contributed by atoms with Crippen LogP contribution >= 0.6 is 0 Å². The number of nitrogens with one attached hydrogen (secondary N) is 1. The number of hydrogen-bond donors (Lipinski definition) is 1. The van der Waals surface area contributed by atoms with Gasteiger partial charge in [0.25, 0.3) is 0 Å². The van der Waals surface area contributed by atoms with E-state index in [0.717, 1.165) is 5.69 Å². The van der Waals surface area contributed by atoms with Crippen molar-refractivity contribution < 1.29 is 0 Å². The van der Waals surface area contributed by atoms with Crippen LogP contribution in [0.2, 0.25) is 0 Å². The Morgan fingerprint density at radius 1 is 1.35 bits per heavy atom. The summed E-state index contributed by atoms with van der Waals surface area (Å²) in [6.07, 6.45) is 7.50. The zero-order chi connectivity index (χ0) is 12.5. The molecule has 1 atom stereocenters. The molecule has 1 unspecified atom stereocenters. The molecule has 1 aromatic rings. The molecule has 0 fully saturated rings. The number of likely N-dealkylation sites (N-methyl/N-ethyl adjacent to an activating group) is 1. The highest BCUT2D eigenvalue weighted by atomic mass is 15.4. The number of hydrogen-bond acceptors (Lipinski definition) is 3. The van der Waals surface area contributed by atoms with Gasteiger partial charge in [-0.25, -0.2) is 0 Å². The maximum atomic E-state index is 4.38. The number of allylic oxidation sites excluding steroid dienone is 2. The van der Waals surface area contributed by atoms with Crippen LogP contribution in [0, 0.1) is 0 Å². The Kier molecular flexibility index (Phi) is 5.75. The largest absolute Gasteiger partial charge is 0.309 e. The Hall–Kier alpha value is -1.87. The molecule has 0 bridgehead atoms. The highest BCUT2D eigenvalue weighted by Gasteiger charge is 1.98. The van der Waals surface area contributed by atoms with Crippen molar-refractivity contribution in [3.8, 4) is 0 Å². The van der Waals surface area contributed by atoms with E-state index in [1.165, 1.54) is 0 Å². The van der Waals surface area contributed by atoms with Crippen molar-refractivity contribution in [1.82, 2.24) is 5.32 Å². The molecule has 3 heteroatoms. The Morgan fingerprint density at radius 3 is 2.65 bits per heavy atom. The molecule has 0 amide bonds. The van der Waals surface area contributed by atoms with Crippen molar-refractivity contribution in [3.63, 3.8) is 0 Å². The summed E-state index contributed by atoms with van der Waals surface area (Å²) in [4.78, 5) is 0. The summed E-state index contributed by atoms with van der Waals surface area (Å²) in [5, 5.41) is 9.35. The fourth-order valence-corrected chi connectivity index (χ4v) is 1.30. The molecule has 0 aromatic heterocycles. The minimum absolute atomic E-state index is 0.110. The van der Waals surface area contributed by atoms with Gasteiger partial charge in [-0.15, -0.1) is 0 Å². The summed E-state index contributed by atoms with van der Waals surface area (Å²) in [5.74, 6) is 0. The minimum atomic E-state index is 0.110. The maximum absolute atomic E-state index is 4.38. The van der Waals surface area contributed by atoms with Crippen LogP contribution in [-0.4, -0.2) is 26.4 Å². The quantitative estimate of drug-likeness (QED) is 0.461. The van der Waals surface area contributed by atoms with E-state index in [4.69, 9.17) is 0 Å². The first-order valence-electron chi connectivity index (χ1n) is 5.57. The van der Waals surface area contributed by atoms with E-state index in [0.29, 0.717) is 0 Å². The first-order valence-corrected chi connectivity index (χ1v) is 5.57. The van der Waals surface area contributed by atoms with Crippen LogP contribution in [0.1, 0.15) is 0 Å². The second-order valence-electron chi connectivity index (χ2n) is 3.56. The minimum Gasteiger partial charge on any atom is -0.309 e. The van der Waals surface area contributed by atoms with E-state index in [1.807, 2.05) is 67.8 Å². The van der Waals surface area contributed by atoms with Crippen molar-refractivity contribution in [2.24, 2.45) is 5.10 Å². The van der Waals surface area contributed by atoms with Gasteiger partial charge >= 0.3 is 0 Å². The molecule has 1 rings (SSSR count). The maximum Gasteiger partial charge on any atom is 0.0629 e. The van der Waals surface area contributed by atoms with Gasteiger partial charge in [0.1, 0.15) is 0 Å². The average Bonchev–Trinajstić information content (AvgIpc) is 2.39. The van der Waals surface area contributed by atoms with Crippen LogP contribution in [0.15, 0.2) is 60.2 Å². The van der Waals surface area contributed by atoms with Gasteiger partial charge in [-0.2, -0.15) is 5.10 Å². The van der Waals surface area contributed by atoms with Crippen molar-refractivity contribution >= 4 is 11.9 Å². The SMILES string of the molecule is C=C/C=C\C(/C=N/N(C)c1ccccc1)NC. The average molecular weight is 229 g/mol. The van der Waals surface area contributed by atoms with Crippen LogP contribution in [0.4, 0.5) is 5.69 Å². The monoisotopic (exact) mass is 229 g/mol. The standard InChI is InChI=1S/C14H19N3/c1-4-5-9-13(15-2)12-16-17(3)14-10-7-6-8-11-14/h4-13,15H,1H2,2-3H3/b9-5-,16-12+. The van der Waals surface area contributed by atoms with E-state index >= 15 is 0 Å². The van der Waals surface area contributed by atoms with Gasteiger partial charge in [0.2, 0.25) is 0 Å². The van der Waals surface area contributed by atoms with Crippen LogP contribution in [0.5, 0.6) is 0 Å². The zero-order valence-electron chi connectivity index (χ0n) is 10.4. The summed E-state index contributed by atoms with van der Waals surface area (Å²) in [6.45, 7) is 3.64. The zero-order valence-corrected chi connectivity index (χ0v) is 10.4. The lowest BCUT2D eigenvalue weighted by Gasteiger charge is -2.13. The summed E-state index contributed by atoms with van der Waals surface area (Å²) in [5.41, 5.74) is 1.06. The van der Waals surface area contributed by atoms with Crippen LogP contribution in [0.25, 0.3) is 0 Å². The smallest absolute Gasteiger partial charge is 0.0629 e. The van der Waals surface area contributed by atoms with E-state index in [-0.39, 0.29) is 6.04 Å². The van der Waals surface area contributed by atoms with Gasteiger partial charge in [0, 0.05) is 13.3 Å². The highest BCUT2D eigenvalue weighted by molar-refractivity contribution is 5.68. The molecule has 0 spiro atoms. The number of hydrazone groups is 1. The molecule has 0 aliphatic heterocycles. The predicted molar refractivity (Wildman–Crippen MR) is 75.5 cm³/mol. The van der Waals surface area contributed by atoms with Crippen molar-refractivity contribution in [3.05, 3.63) is 55.1 Å². The Morgan fingerprint density at radius 2 is 2.06 bits per heavy atom. The third kappa shape index (κ3) is 4.66. The fraction of sp³-hybridized carbons (Fsp3) is 0.214. The molecule has 0 saturated heterocycles. The fourth-order valence-electron chi connectivity index (χ4n) is 1.30. The summed E-state index contributed by atoms with van der Waals surface area (Å²) >= 11 is 0. The molecule has 0 aliphatic carbocycles. The van der Waals surface area contributed by atoms with Gasteiger partial charge in [0.05, 0.1) is 11.7 Å². The Labute approximate surface area is 103 Å². The van der Waals surface area contributed by atoms with Gasteiger partial charge in [-0.1, -0.05) is 43.0 Å². The summed E-state index contributed by atoms with van der Waals surface area (Å²) in [6, 6.07) is 10.1. The molecule has 17 heavy (non-hydrogen) atoms. The molecular weight excluding hydrogens is 210 g/mol. The summed E-state index contributed by atoms with van der Waals surface area (Å²) in [7, 11) is 3.82. The van der Waals surface area contributed by atoms with E-state index in [2.05, 4.69) is 17.0 Å². The molecule has 0 aliphatic rings. The van der Waals surface area contributed by atoms with Crippen LogP contribution in [-0.2, 0) is 0 Å². The molecule has 0 heterocycles. The van der Waals surface area contributed by atoms with E-state index in [1.54, 1.807) is 6.08 Å². The first kappa shape index (κ1) is 13.2. The van der Waals surface area contributed by atoms with Crippen LogP contribution in [0.3, 0.4) is 0 Å². The first-order chi connectivity index (χ1) is 8.27.